The number of amides is 1. The maximum Gasteiger partial charge on any atom is 0.255 e. The van der Waals surface area contributed by atoms with Crippen LogP contribution in [0, 0.1) is 0 Å². The molecule has 4 N–H and O–H groups in total. The third kappa shape index (κ3) is 4.10. The number of benzene rings is 1. The Morgan fingerprint density at radius 3 is 2.94 bits per heavy atom. The summed E-state index contributed by atoms with van der Waals surface area (Å²) in [7, 11) is 0. The molecular formula is C13H18N2O3. The lowest BCUT2D eigenvalue weighted by molar-refractivity contribution is 0.0924. The number of rotatable bonds is 6. The largest absolute Gasteiger partial charge is 0.505 e. The first-order chi connectivity index (χ1) is 8.52. The van der Waals surface area contributed by atoms with Crippen molar-refractivity contribution in [3.63, 3.8) is 0 Å². The lowest BCUT2D eigenvalue weighted by Gasteiger charge is -2.08. The topological polar surface area (TPSA) is 84.6 Å². The molecule has 1 amide bonds. The van der Waals surface area contributed by atoms with Crippen LogP contribution in [0.25, 0.3) is 0 Å². The van der Waals surface area contributed by atoms with Gasteiger partial charge >= 0.3 is 0 Å². The number of phenolic OH excluding ortho intramolecular Hbond substituents is 1. The van der Waals surface area contributed by atoms with Crippen molar-refractivity contribution in [2.75, 3.05) is 25.5 Å². The minimum Gasteiger partial charge on any atom is -0.505 e. The van der Waals surface area contributed by atoms with Crippen LogP contribution in [0.5, 0.6) is 5.75 Å². The molecule has 0 saturated heterocycles. The highest BCUT2D eigenvalue weighted by atomic mass is 16.5. The van der Waals surface area contributed by atoms with E-state index in [2.05, 4.69) is 11.9 Å². The van der Waals surface area contributed by atoms with Gasteiger partial charge in [0.15, 0.2) is 5.75 Å². The summed E-state index contributed by atoms with van der Waals surface area (Å²) in [6.45, 7) is 6.79. The summed E-state index contributed by atoms with van der Waals surface area (Å²) in [5.41, 5.74) is 6.77. The van der Waals surface area contributed by atoms with Crippen LogP contribution in [-0.4, -0.2) is 30.8 Å². The van der Waals surface area contributed by atoms with E-state index >= 15 is 0 Å². The van der Waals surface area contributed by atoms with Crippen molar-refractivity contribution in [2.45, 2.75) is 6.92 Å². The molecule has 0 aliphatic rings. The molecule has 5 nitrogen and oxygen atoms in total. The predicted octanol–water partition coefficient (Wildman–Crippen LogP) is 1.30. The SMILES string of the molecule is C=C(C)COCCNC(=O)c1cccc(N)c1O. The van der Waals surface area contributed by atoms with Gasteiger partial charge in [0.1, 0.15) is 0 Å². The number of nitrogen functional groups attached to an aromatic ring is 1. The van der Waals surface area contributed by atoms with Crippen LogP contribution in [0.15, 0.2) is 30.4 Å². The summed E-state index contributed by atoms with van der Waals surface area (Å²) in [5, 5.41) is 12.2. The van der Waals surface area contributed by atoms with Gasteiger partial charge < -0.3 is 20.9 Å². The molecule has 1 rings (SSSR count). The van der Waals surface area contributed by atoms with Crippen molar-refractivity contribution in [1.29, 1.82) is 0 Å². The molecule has 0 saturated carbocycles. The van der Waals surface area contributed by atoms with Gasteiger partial charge in [-0.2, -0.15) is 0 Å². The van der Waals surface area contributed by atoms with Gasteiger partial charge in [-0.3, -0.25) is 4.79 Å². The number of carbonyl (C=O) groups is 1. The van der Waals surface area contributed by atoms with Gasteiger partial charge in [-0.25, -0.2) is 0 Å². The van der Waals surface area contributed by atoms with E-state index in [1.54, 1.807) is 6.07 Å². The quantitative estimate of drug-likeness (QED) is 0.307. The van der Waals surface area contributed by atoms with Crippen molar-refractivity contribution >= 4 is 11.6 Å². The molecule has 98 valence electrons. The average molecular weight is 250 g/mol. The smallest absolute Gasteiger partial charge is 0.255 e. The first-order valence-corrected chi connectivity index (χ1v) is 5.60. The van der Waals surface area contributed by atoms with E-state index in [1.807, 2.05) is 6.92 Å². The molecular weight excluding hydrogens is 232 g/mol. The second-order valence-electron chi connectivity index (χ2n) is 4.01. The molecule has 1 aromatic carbocycles. The van der Waals surface area contributed by atoms with E-state index in [9.17, 15) is 9.90 Å². The van der Waals surface area contributed by atoms with Gasteiger partial charge in [0, 0.05) is 6.54 Å². The monoisotopic (exact) mass is 250 g/mol. The maximum atomic E-state index is 11.7. The summed E-state index contributed by atoms with van der Waals surface area (Å²) < 4.78 is 5.23. The summed E-state index contributed by atoms with van der Waals surface area (Å²) >= 11 is 0. The predicted molar refractivity (Wildman–Crippen MR) is 70.5 cm³/mol. The third-order valence-electron chi connectivity index (χ3n) is 2.19. The Kier molecular flexibility index (Phi) is 5.20. The van der Waals surface area contributed by atoms with Crippen molar-refractivity contribution < 1.29 is 14.6 Å². The summed E-state index contributed by atoms with van der Waals surface area (Å²) in [6.07, 6.45) is 0. The van der Waals surface area contributed by atoms with Crippen molar-refractivity contribution in [2.24, 2.45) is 0 Å². The molecule has 0 bridgehead atoms. The number of ether oxygens (including phenoxy) is 1. The minimum absolute atomic E-state index is 0.162. The summed E-state index contributed by atoms with van der Waals surface area (Å²) in [5.74, 6) is -0.573. The maximum absolute atomic E-state index is 11.7. The van der Waals surface area contributed by atoms with Crippen LogP contribution >= 0.6 is 0 Å². The molecule has 0 aliphatic heterocycles. The molecule has 5 heteroatoms. The Labute approximate surface area is 106 Å². The second kappa shape index (κ2) is 6.66. The number of hydrogen-bond acceptors (Lipinski definition) is 4. The zero-order valence-electron chi connectivity index (χ0n) is 10.4. The molecule has 0 unspecified atom stereocenters. The first kappa shape index (κ1) is 14.1. The Hall–Kier alpha value is -2.01. The van der Waals surface area contributed by atoms with Gasteiger partial charge in [-0.05, 0) is 19.1 Å². The van der Waals surface area contributed by atoms with E-state index < -0.39 is 0 Å². The van der Waals surface area contributed by atoms with Crippen LogP contribution in [0.3, 0.4) is 0 Å². The molecule has 0 atom stereocenters. The summed E-state index contributed by atoms with van der Waals surface area (Å²) in [4.78, 5) is 11.7. The highest BCUT2D eigenvalue weighted by Crippen LogP contribution is 2.23. The highest BCUT2D eigenvalue weighted by molar-refractivity contribution is 5.98. The number of hydrogen-bond donors (Lipinski definition) is 3. The van der Waals surface area contributed by atoms with Gasteiger partial charge in [0.25, 0.3) is 5.91 Å². The van der Waals surface area contributed by atoms with Gasteiger partial charge in [-0.15, -0.1) is 0 Å². The Morgan fingerprint density at radius 2 is 2.28 bits per heavy atom. The molecule has 0 fully saturated rings. The van der Waals surface area contributed by atoms with Crippen LogP contribution in [0.1, 0.15) is 17.3 Å². The number of para-hydroxylation sites is 1. The van der Waals surface area contributed by atoms with Crippen molar-refractivity contribution in [1.82, 2.24) is 5.32 Å². The van der Waals surface area contributed by atoms with Crippen LogP contribution in [0.2, 0.25) is 0 Å². The Bertz CT molecular complexity index is 444. The fourth-order valence-corrected chi connectivity index (χ4v) is 1.32. The molecule has 0 radical (unpaired) electrons. The first-order valence-electron chi connectivity index (χ1n) is 5.60. The second-order valence-corrected chi connectivity index (χ2v) is 4.01. The van der Waals surface area contributed by atoms with Gasteiger partial charge in [0.05, 0.1) is 24.5 Å². The molecule has 0 aliphatic carbocycles. The normalized spacial score (nSPS) is 10.1. The Morgan fingerprint density at radius 1 is 1.56 bits per heavy atom. The van der Waals surface area contributed by atoms with Gasteiger partial charge in [-0.1, -0.05) is 18.2 Å². The third-order valence-corrected chi connectivity index (χ3v) is 2.19. The van der Waals surface area contributed by atoms with E-state index in [4.69, 9.17) is 10.5 Å². The Balaban J connectivity index is 2.41. The highest BCUT2D eigenvalue weighted by Gasteiger charge is 2.11. The number of nitrogens with two attached hydrogens (primary N) is 1. The lowest BCUT2D eigenvalue weighted by Crippen LogP contribution is -2.27. The van der Waals surface area contributed by atoms with E-state index in [0.29, 0.717) is 19.8 Å². The van der Waals surface area contributed by atoms with E-state index in [1.165, 1.54) is 12.1 Å². The van der Waals surface area contributed by atoms with Crippen LogP contribution in [-0.2, 0) is 4.74 Å². The van der Waals surface area contributed by atoms with E-state index in [-0.39, 0.29) is 22.9 Å². The van der Waals surface area contributed by atoms with Crippen molar-refractivity contribution in [3.8, 4) is 5.75 Å². The van der Waals surface area contributed by atoms with E-state index in [0.717, 1.165) is 5.57 Å². The lowest BCUT2D eigenvalue weighted by atomic mass is 10.1. The standard InChI is InChI=1S/C13H18N2O3/c1-9(2)8-18-7-6-15-13(17)10-4-3-5-11(14)12(10)16/h3-5,16H,1,6-8,14H2,2H3,(H,15,17). The zero-order valence-corrected chi connectivity index (χ0v) is 10.4. The minimum atomic E-state index is -0.376. The fraction of sp³-hybridized carbons (Fsp3) is 0.308. The number of phenols is 1. The fourth-order valence-electron chi connectivity index (χ4n) is 1.32. The molecule has 18 heavy (non-hydrogen) atoms. The zero-order chi connectivity index (χ0) is 13.5. The molecule has 0 spiro atoms. The number of carbonyl (C=O) groups excluding carboxylic acids is 1. The summed E-state index contributed by atoms with van der Waals surface area (Å²) in [6, 6.07) is 4.65. The number of anilines is 1. The van der Waals surface area contributed by atoms with Gasteiger partial charge in [0.2, 0.25) is 0 Å². The number of aromatic hydroxyl groups is 1. The van der Waals surface area contributed by atoms with Crippen LogP contribution < -0.4 is 11.1 Å². The molecule has 0 aromatic heterocycles. The molecule has 1 aromatic rings. The van der Waals surface area contributed by atoms with Crippen molar-refractivity contribution in [3.05, 3.63) is 35.9 Å². The average Bonchev–Trinajstić information content (AvgIpc) is 2.31. The molecule has 0 heterocycles. The number of nitrogens with one attached hydrogen (secondary N) is 1. The van der Waals surface area contributed by atoms with Crippen LogP contribution in [0.4, 0.5) is 5.69 Å².